The number of benzene rings is 1. The molecule has 0 radical (unpaired) electrons. The predicted molar refractivity (Wildman–Crippen MR) is 102 cm³/mol. The monoisotopic (exact) mass is 357 g/mol. The fourth-order valence-corrected chi connectivity index (χ4v) is 4.58. The predicted octanol–water partition coefficient (Wildman–Crippen LogP) is 3.67. The van der Waals surface area contributed by atoms with Crippen LogP contribution in [0.5, 0.6) is 0 Å². The van der Waals surface area contributed by atoms with Crippen molar-refractivity contribution >= 4 is 5.71 Å². The molecule has 5 nitrogen and oxygen atoms in total. The van der Waals surface area contributed by atoms with Crippen LogP contribution >= 0.6 is 0 Å². The van der Waals surface area contributed by atoms with Crippen molar-refractivity contribution in [2.24, 2.45) is 23.2 Å². The Morgan fingerprint density at radius 1 is 1.19 bits per heavy atom. The number of nitriles is 3. The Bertz CT molecular complexity index is 851. The lowest BCUT2D eigenvalue weighted by Gasteiger charge is -2.47. The lowest BCUT2D eigenvalue weighted by atomic mass is 9.55. The molecular formula is C22H23N5. The highest BCUT2D eigenvalue weighted by Gasteiger charge is 2.56. The topological polar surface area (TPSA) is 98.5 Å². The summed E-state index contributed by atoms with van der Waals surface area (Å²) < 4.78 is 0. The molecule has 0 saturated heterocycles. The maximum Gasteiger partial charge on any atom is 0.185 e. The summed E-state index contributed by atoms with van der Waals surface area (Å²) in [7, 11) is 0. The van der Waals surface area contributed by atoms with Crippen LogP contribution in [0.25, 0.3) is 0 Å². The van der Waals surface area contributed by atoms with Crippen molar-refractivity contribution in [3.05, 3.63) is 47.5 Å². The molecule has 27 heavy (non-hydrogen) atoms. The van der Waals surface area contributed by atoms with Gasteiger partial charge in [0.05, 0.1) is 23.9 Å². The molecule has 1 saturated carbocycles. The molecule has 2 aliphatic rings. The van der Waals surface area contributed by atoms with Crippen molar-refractivity contribution in [1.82, 2.24) is 4.90 Å². The zero-order valence-corrected chi connectivity index (χ0v) is 15.5. The lowest BCUT2D eigenvalue weighted by Crippen LogP contribution is -2.53. The van der Waals surface area contributed by atoms with E-state index in [1.54, 1.807) is 0 Å². The molecule has 0 bridgehead atoms. The normalized spacial score (nSPS) is 26.8. The molecule has 1 N–H and O–H groups in total. The summed E-state index contributed by atoms with van der Waals surface area (Å²) in [4.78, 5) is 2.30. The molecule has 1 aliphatic heterocycles. The maximum atomic E-state index is 9.86. The molecule has 0 unspecified atom stereocenters. The Morgan fingerprint density at radius 2 is 1.89 bits per heavy atom. The largest absolute Gasteiger partial charge is 0.305 e. The van der Waals surface area contributed by atoms with Gasteiger partial charge in [-0.3, -0.25) is 4.90 Å². The molecule has 1 aromatic carbocycles. The summed E-state index contributed by atoms with van der Waals surface area (Å²) in [6, 6.07) is 16.7. The summed E-state index contributed by atoms with van der Waals surface area (Å²) in [5, 5.41) is 37.9. The van der Waals surface area contributed by atoms with Crippen LogP contribution in [0.15, 0.2) is 42.0 Å². The molecule has 3 atom stereocenters. The second-order valence-corrected chi connectivity index (χ2v) is 7.39. The third-order valence-electron chi connectivity index (χ3n) is 5.89. The van der Waals surface area contributed by atoms with E-state index >= 15 is 0 Å². The maximum absolute atomic E-state index is 9.86. The van der Waals surface area contributed by atoms with Gasteiger partial charge in [-0.15, -0.1) is 0 Å². The van der Waals surface area contributed by atoms with Crippen molar-refractivity contribution in [2.75, 3.05) is 13.1 Å². The fourth-order valence-electron chi connectivity index (χ4n) is 4.58. The average Bonchev–Trinajstić information content (AvgIpc) is 2.70. The van der Waals surface area contributed by atoms with E-state index in [1.807, 2.05) is 25.1 Å². The number of hydrogen-bond donors (Lipinski definition) is 1. The number of nitrogens with one attached hydrogen (secondary N) is 1. The first-order chi connectivity index (χ1) is 13.1. The minimum atomic E-state index is -1.51. The molecular weight excluding hydrogens is 334 g/mol. The first-order valence-corrected chi connectivity index (χ1v) is 9.38. The van der Waals surface area contributed by atoms with Gasteiger partial charge in [-0.2, -0.15) is 15.8 Å². The van der Waals surface area contributed by atoms with Gasteiger partial charge >= 0.3 is 0 Å². The van der Waals surface area contributed by atoms with E-state index in [0.29, 0.717) is 13.0 Å². The smallest absolute Gasteiger partial charge is 0.185 e. The zero-order valence-electron chi connectivity index (χ0n) is 15.5. The SMILES string of the molecule is CCC[C@@H]1[C@@H]2CN(Cc3ccccc3)CC=C2[C@@H](C#N)C(=N)C1(C#N)C#N. The van der Waals surface area contributed by atoms with Gasteiger partial charge in [0.2, 0.25) is 0 Å². The van der Waals surface area contributed by atoms with Gasteiger partial charge < -0.3 is 5.41 Å². The van der Waals surface area contributed by atoms with E-state index < -0.39 is 11.3 Å². The standard InChI is InChI=1S/C22H23N5/c1-2-6-20-19-13-27(12-16-7-4-3-5-8-16)10-9-17(19)18(11-23)21(26)22(20,14-24)15-25/h3-5,7-9,18-20,26H,2,6,10,12-13H2,1H3/t18-,19-,20-/m1/s1. The molecule has 1 heterocycles. The zero-order chi connectivity index (χ0) is 19.4. The average molecular weight is 357 g/mol. The highest BCUT2D eigenvalue weighted by atomic mass is 15.1. The van der Waals surface area contributed by atoms with Gasteiger partial charge in [-0.25, -0.2) is 0 Å². The summed E-state index contributed by atoms with van der Waals surface area (Å²) in [5.74, 6) is -1.05. The first-order valence-electron chi connectivity index (χ1n) is 9.38. The van der Waals surface area contributed by atoms with E-state index in [4.69, 9.17) is 5.41 Å². The van der Waals surface area contributed by atoms with Gasteiger partial charge in [-0.1, -0.05) is 49.8 Å². The van der Waals surface area contributed by atoms with Crippen molar-refractivity contribution in [3.63, 3.8) is 0 Å². The number of fused-ring (bicyclic) bond motifs is 1. The van der Waals surface area contributed by atoms with Gasteiger partial charge in [0.25, 0.3) is 0 Å². The highest BCUT2D eigenvalue weighted by Crippen LogP contribution is 2.50. The molecule has 1 aliphatic carbocycles. The Labute approximate surface area is 160 Å². The fraction of sp³-hybridized carbons (Fsp3) is 0.455. The van der Waals surface area contributed by atoms with Crippen LogP contribution < -0.4 is 0 Å². The van der Waals surface area contributed by atoms with Crippen LogP contribution in [0.1, 0.15) is 25.3 Å². The third-order valence-corrected chi connectivity index (χ3v) is 5.89. The molecule has 0 amide bonds. The Hall–Kier alpha value is -2.94. The molecule has 136 valence electrons. The summed E-state index contributed by atoms with van der Waals surface area (Å²) in [5.41, 5.74) is 0.612. The highest BCUT2D eigenvalue weighted by molar-refractivity contribution is 6.00. The molecule has 3 rings (SSSR count). The molecule has 0 spiro atoms. The minimum Gasteiger partial charge on any atom is -0.305 e. The van der Waals surface area contributed by atoms with E-state index in [-0.39, 0.29) is 17.5 Å². The van der Waals surface area contributed by atoms with E-state index in [2.05, 4.69) is 41.3 Å². The lowest BCUT2D eigenvalue weighted by molar-refractivity contribution is 0.155. The second-order valence-electron chi connectivity index (χ2n) is 7.39. The van der Waals surface area contributed by atoms with Crippen LogP contribution in [0.3, 0.4) is 0 Å². The van der Waals surface area contributed by atoms with E-state index in [1.165, 1.54) is 5.56 Å². The number of hydrogen-bond acceptors (Lipinski definition) is 5. The molecule has 5 heteroatoms. The van der Waals surface area contributed by atoms with Crippen molar-refractivity contribution < 1.29 is 0 Å². The Morgan fingerprint density at radius 3 is 2.48 bits per heavy atom. The van der Waals surface area contributed by atoms with Crippen molar-refractivity contribution in [1.29, 1.82) is 21.2 Å². The van der Waals surface area contributed by atoms with Crippen LogP contribution in [0, 0.1) is 62.6 Å². The molecule has 0 aromatic heterocycles. The summed E-state index contributed by atoms with van der Waals surface area (Å²) >= 11 is 0. The van der Waals surface area contributed by atoms with Gasteiger partial charge in [0, 0.05) is 25.6 Å². The third kappa shape index (κ3) is 3.14. The second kappa shape index (κ2) is 7.75. The van der Waals surface area contributed by atoms with E-state index in [0.717, 1.165) is 25.1 Å². The quantitative estimate of drug-likeness (QED) is 0.831. The van der Waals surface area contributed by atoms with Crippen LogP contribution in [-0.4, -0.2) is 23.7 Å². The van der Waals surface area contributed by atoms with Crippen molar-refractivity contribution in [3.8, 4) is 18.2 Å². The summed E-state index contributed by atoms with van der Waals surface area (Å²) in [6.45, 7) is 4.26. The van der Waals surface area contributed by atoms with Crippen LogP contribution in [-0.2, 0) is 6.54 Å². The number of nitrogens with zero attached hydrogens (tertiary/aromatic N) is 4. The van der Waals surface area contributed by atoms with Crippen LogP contribution in [0.2, 0.25) is 0 Å². The first kappa shape index (κ1) is 18.8. The van der Waals surface area contributed by atoms with Gasteiger partial charge in [-0.05, 0) is 23.5 Å². The summed E-state index contributed by atoms with van der Waals surface area (Å²) in [6.07, 6.45) is 3.59. The minimum absolute atomic E-state index is 0.0348. The Kier molecular flexibility index (Phi) is 5.41. The number of rotatable bonds is 4. The van der Waals surface area contributed by atoms with Gasteiger partial charge in [0.1, 0.15) is 5.92 Å². The Balaban J connectivity index is 1.98. The van der Waals surface area contributed by atoms with Crippen LogP contribution in [0.4, 0.5) is 0 Å². The van der Waals surface area contributed by atoms with E-state index in [9.17, 15) is 15.8 Å². The van der Waals surface area contributed by atoms with Crippen molar-refractivity contribution in [2.45, 2.75) is 26.3 Å². The molecule has 1 fully saturated rings. The molecule has 1 aromatic rings. The van der Waals surface area contributed by atoms with Gasteiger partial charge in [0.15, 0.2) is 5.41 Å².